The van der Waals surface area contributed by atoms with Crippen molar-refractivity contribution in [2.75, 3.05) is 7.11 Å². The molecule has 0 radical (unpaired) electrons. The molecule has 3 aromatic carbocycles. The standard InChI is InChI=1S/C29H32INO6/c1-29(2,3)37-27(32)25(31-28(33)36-19-20-8-6-5-7-9-20)17-22-12-15-26(24(30)16-22)35-18-21-10-13-23(34-4)14-11-21/h5-16,25H,17-19H2,1-4H3,(H,31,33)/t25-/m0/s1. The first-order valence-electron chi connectivity index (χ1n) is 11.9. The van der Waals surface area contributed by atoms with Crippen molar-refractivity contribution in [1.29, 1.82) is 0 Å². The molecule has 0 saturated carbocycles. The molecule has 7 nitrogen and oxygen atoms in total. The number of carbonyl (C=O) groups excluding carboxylic acids is 2. The lowest BCUT2D eigenvalue weighted by Gasteiger charge is -2.24. The van der Waals surface area contributed by atoms with E-state index >= 15 is 0 Å². The smallest absolute Gasteiger partial charge is 0.408 e. The van der Waals surface area contributed by atoms with Gasteiger partial charge in [-0.15, -0.1) is 0 Å². The van der Waals surface area contributed by atoms with Crippen molar-refractivity contribution in [2.45, 2.75) is 52.0 Å². The first kappa shape index (κ1) is 28.3. The minimum atomic E-state index is -0.913. The summed E-state index contributed by atoms with van der Waals surface area (Å²) in [6.07, 6.45) is -0.446. The number of esters is 1. The molecule has 0 spiro atoms. The van der Waals surface area contributed by atoms with Gasteiger partial charge in [-0.3, -0.25) is 0 Å². The number of carbonyl (C=O) groups is 2. The van der Waals surface area contributed by atoms with Crippen LogP contribution in [0.3, 0.4) is 0 Å². The van der Waals surface area contributed by atoms with Crippen LogP contribution in [-0.2, 0) is 33.9 Å². The Kier molecular flexibility index (Phi) is 10.2. The predicted molar refractivity (Wildman–Crippen MR) is 150 cm³/mol. The number of amides is 1. The maximum Gasteiger partial charge on any atom is 0.408 e. The molecule has 1 amide bonds. The number of nitrogens with one attached hydrogen (secondary N) is 1. The molecule has 37 heavy (non-hydrogen) atoms. The molecule has 0 fully saturated rings. The van der Waals surface area contributed by atoms with Crippen LogP contribution in [0.2, 0.25) is 0 Å². The average molecular weight is 617 g/mol. The zero-order valence-electron chi connectivity index (χ0n) is 21.5. The second-order valence-corrected chi connectivity index (χ2v) is 10.6. The van der Waals surface area contributed by atoms with Crippen molar-refractivity contribution >= 4 is 34.7 Å². The highest BCUT2D eigenvalue weighted by atomic mass is 127. The first-order chi connectivity index (χ1) is 17.6. The van der Waals surface area contributed by atoms with E-state index in [0.29, 0.717) is 6.61 Å². The summed E-state index contributed by atoms with van der Waals surface area (Å²) in [6, 6.07) is 21.8. The van der Waals surface area contributed by atoms with Crippen molar-refractivity contribution in [3.8, 4) is 11.5 Å². The van der Waals surface area contributed by atoms with Gasteiger partial charge < -0.3 is 24.3 Å². The number of methoxy groups -OCH3 is 1. The third kappa shape index (κ3) is 9.60. The van der Waals surface area contributed by atoms with Crippen LogP contribution in [0, 0.1) is 3.57 Å². The van der Waals surface area contributed by atoms with E-state index in [2.05, 4.69) is 27.9 Å². The molecular formula is C29H32INO6. The average Bonchev–Trinajstić information content (AvgIpc) is 2.86. The highest BCUT2D eigenvalue weighted by molar-refractivity contribution is 14.1. The van der Waals surface area contributed by atoms with Gasteiger partial charge in [0.2, 0.25) is 0 Å². The van der Waals surface area contributed by atoms with Gasteiger partial charge in [-0.2, -0.15) is 0 Å². The number of ether oxygens (including phenoxy) is 4. The molecule has 0 aliphatic carbocycles. The zero-order valence-corrected chi connectivity index (χ0v) is 23.6. The monoisotopic (exact) mass is 617 g/mol. The summed E-state index contributed by atoms with van der Waals surface area (Å²) in [7, 11) is 1.63. The van der Waals surface area contributed by atoms with Crippen LogP contribution in [0.4, 0.5) is 4.79 Å². The minimum absolute atomic E-state index is 0.103. The Bertz CT molecular complexity index is 1180. The van der Waals surface area contributed by atoms with E-state index in [1.807, 2.05) is 72.8 Å². The fourth-order valence-electron chi connectivity index (χ4n) is 3.38. The Hall–Kier alpha value is -3.27. The normalized spacial score (nSPS) is 11.8. The Balaban J connectivity index is 1.65. The van der Waals surface area contributed by atoms with E-state index in [0.717, 1.165) is 31.8 Å². The van der Waals surface area contributed by atoms with E-state index < -0.39 is 23.7 Å². The van der Waals surface area contributed by atoms with Crippen molar-refractivity contribution in [1.82, 2.24) is 5.32 Å². The van der Waals surface area contributed by atoms with Crippen LogP contribution in [-0.4, -0.2) is 30.8 Å². The Morgan fingerprint density at radius 1 is 0.892 bits per heavy atom. The van der Waals surface area contributed by atoms with Crippen molar-refractivity contribution in [3.63, 3.8) is 0 Å². The van der Waals surface area contributed by atoms with E-state index in [1.54, 1.807) is 27.9 Å². The van der Waals surface area contributed by atoms with E-state index in [-0.39, 0.29) is 13.0 Å². The van der Waals surface area contributed by atoms with Gasteiger partial charge in [0.15, 0.2) is 0 Å². The fourth-order valence-corrected chi connectivity index (χ4v) is 4.12. The lowest BCUT2D eigenvalue weighted by atomic mass is 10.1. The van der Waals surface area contributed by atoms with Crippen LogP contribution in [0.1, 0.15) is 37.5 Å². The summed E-state index contributed by atoms with van der Waals surface area (Å²) in [5, 5.41) is 2.67. The Morgan fingerprint density at radius 2 is 1.54 bits per heavy atom. The Morgan fingerprint density at radius 3 is 2.16 bits per heavy atom. The molecule has 1 N–H and O–H groups in total. The first-order valence-corrected chi connectivity index (χ1v) is 12.9. The van der Waals surface area contributed by atoms with Gasteiger partial charge in [0.1, 0.15) is 36.4 Å². The summed E-state index contributed by atoms with van der Waals surface area (Å²) >= 11 is 2.20. The second-order valence-electron chi connectivity index (χ2n) is 9.40. The van der Waals surface area contributed by atoms with E-state index in [9.17, 15) is 9.59 Å². The molecule has 0 heterocycles. The Labute approximate surface area is 231 Å². The van der Waals surface area contributed by atoms with Crippen LogP contribution in [0.5, 0.6) is 11.5 Å². The van der Waals surface area contributed by atoms with Gasteiger partial charge in [-0.25, -0.2) is 9.59 Å². The summed E-state index contributed by atoms with van der Waals surface area (Å²) in [4.78, 5) is 25.4. The van der Waals surface area contributed by atoms with Crippen LogP contribution in [0.15, 0.2) is 72.8 Å². The largest absolute Gasteiger partial charge is 0.497 e. The van der Waals surface area contributed by atoms with Gasteiger partial charge in [-0.05, 0) is 84.3 Å². The predicted octanol–water partition coefficient (Wildman–Crippen LogP) is 6.06. The zero-order chi connectivity index (χ0) is 26.8. The summed E-state index contributed by atoms with van der Waals surface area (Å²) in [5.74, 6) is 0.989. The molecule has 0 unspecified atom stereocenters. The van der Waals surface area contributed by atoms with E-state index in [4.69, 9.17) is 18.9 Å². The third-order valence-corrected chi connectivity index (χ3v) is 6.03. The molecular weight excluding hydrogens is 585 g/mol. The minimum Gasteiger partial charge on any atom is -0.497 e. The topological polar surface area (TPSA) is 83.1 Å². The van der Waals surface area contributed by atoms with Crippen LogP contribution >= 0.6 is 22.6 Å². The highest BCUT2D eigenvalue weighted by Gasteiger charge is 2.28. The lowest BCUT2D eigenvalue weighted by Crippen LogP contribution is -2.45. The van der Waals surface area contributed by atoms with Crippen molar-refractivity contribution < 1.29 is 28.5 Å². The van der Waals surface area contributed by atoms with Crippen molar-refractivity contribution in [2.24, 2.45) is 0 Å². The van der Waals surface area contributed by atoms with Gasteiger partial charge in [-0.1, -0.05) is 48.5 Å². The SMILES string of the molecule is COc1ccc(COc2ccc(C[C@H](NC(=O)OCc3ccccc3)C(=O)OC(C)(C)C)cc2I)cc1. The van der Waals surface area contributed by atoms with Gasteiger partial charge in [0.05, 0.1) is 10.7 Å². The number of alkyl carbamates (subject to hydrolysis) is 1. The van der Waals surface area contributed by atoms with Crippen molar-refractivity contribution in [3.05, 3.63) is 93.1 Å². The van der Waals surface area contributed by atoms with Crippen LogP contribution < -0.4 is 14.8 Å². The second kappa shape index (κ2) is 13.3. The highest BCUT2D eigenvalue weighted by Crippen LogP contribution is 2.25. The number of hydrogen-bond donors (Lipinski definition) is 1. The molecule has 8 heteroatoms. The molecule has 0 aromatic heterocycles. The molecule has 0 aliphatic rings. The number of rotatable bonds is 10. The van der Waals surface area contributed by atoms with Crippen LogP contribution in [0.25, 0.3) is 0 Å². The number of hydrogen-bond acceptors (Lipinski definition) is 6. The molecule has 1 atom stereocenters. The quantitative estimate of drug-likeness (QED) is 0.220. The summed E-state index contributed by atoms with van der Waals surface area (Å²) in [6.45, 7) is 5.87. The fraction of sp³-hybridized carbons (Fsp3) is 0.310. The number of halogens is 1. The molecule has 196 valence electrons. The molecule has 0 saturated heterocycles. The maximum absolute atomic E-state index is 12.9. The molecule has 3 rings (SSSR count). The molecule has 3 aromatic rings. The van der Waals surface area contributed by atoms with Gasteiger partial charge in [0, 0.05) is 6.42 Å². The van der Waals surface area contributed by atoms with Gasteiger partial charge >= 0.3 is 12.1 Å². The maximum atomic E-state index is 12.9. The molecule has 0 bridgehead atoms. The van der Waals surface area contributed by atoms with E-state index in [1.165, 1.54) is 0 Å². The summed E-state index contributed by atoms with van der Waals surface area (Å²) in [5.41, 5.74) is 2.02. The molecule has 0 aliphatic heterocycles. The lowest BCUT2D eigenvalue weighted by molar-refractivity contribution is -0.157. The third-order valence-electron chi connectivity index (χ3n) is 5.19. The summed E-state index contributed by atoms with van der Waals surface area (Å²) < 4.78 is 22.9. The van der Waals surface area contributed by atoms with Gasteiger partial charge in [0.25, 0.3) is 0 Å². The number of benzene rings is 3.